The normalized spacial score (nSPS) is 20.4. The predicted molar refractivity (Wildman–Crippen MR) is 82.5 cm³/mol. The minimum Gasteiger partial charge on any atom is -0.497 e. The van der Waals surface area contributed by atoms with E-state index in [1.807, 2.05) is 12.1 Å². The quantitative estimate of drug-likeness (QED) is 0.884. The number of hydrogen-bond acceptors (Lipinski definition) is 3. The SMILES string of the molecule is COc1ccc2c(c1)C(NCCC(C)C)CC(C)(C)O2. The van der Waals surface area contributed by atoms with Crippen molar-refractivity contribution >= 4 is 0 Å². The Kier molecular flexibility index (Phi) is 4.59. The van der Waals surface area contributed by atoms with Gasteiger partial charge in [-0.3, -0.25) is 0 Å². The second-order valence-corrected chi connectivity index (χ2v) is 6.66. The van der Waals surface area contributed by atoms with Crippen molar-refractivity contribution in [3.63, 3.8) is 0 Å². The van der Waals surface area contributed by atoms with Crippen LogP contribution in [0.15, 0.2) is 18.2 Å². The molecule has 0 saturated heterocycles. The van der Waals surface area contributed by atoms with Gasteiger partial charge >= 0.3 is 0 Å². The van der Waals surface area contributed by atoms with Crippen molar-refractivity contribution in [2.24, 2.45) is 5.92 Å². The summed E-state index contributed by atoms with van der Waals surface area (Å²) in [4.78, 5) is 0. The lowest BCUT2D eigenvalue weighted by Gasteiger charge is -2.38. The molecule has 1 N–H and O–H groups in total. The van der Waals surface area contributed by atoms with Gasteiger partial charge in [-0.15, -0.1) is 0 Å². The highest BCUT2D eigenvalue weighted by Gasteiger charge is 2.33. The average Bonchev–Trinajstić information content (AvgIpc) is 2.36. The van der Waals surface area contributed by atoms with E-state index in [-0.39, 0.29) is 5.60 Å². The molecule has 0 aliphatic carbocycles. The molecule has 3 heteroatoms. The summed E-state index contributed by atoms with van der Waals surface area (Å²) in [5.41, 5.74) is 1.09. The van der Waals surface area contributed by atoms with Crippen LogP contribution >= 0.6 is 0 Å². The number of hydrogen-bond donors (Lipinski definition) is 1. The second kappa shape index (κ2) is 6.04. The standard InChI is InChI=1S/C17H27NO2/c1-12(2)8-9-18-15-11-17(3,4)20-16-7-6-13(19-5)10-14(15)16/h6-7,10,12,15,18H,8-9,11H2,1-5H3. The molecule has 1 unspecified atom stereocenters. The first-order chi connectivity index (χ1) is 9.41. The Morgan fingerprint density at radius 2 is 2.15 bits per heavy atom. The van der Waals surface area contributed by atoms with Gasteiger partial charge in [0, 0.05) is 18.0 Å². The molecular weight excluding hydrogens is 250 g/mol. The predicted octanol–water partition coefficient (Wildman–Crippen LogP) is 3.93. The zero-order valence-electron chi connectivity index (χ0n) is 13.3. The maximum Gasteiger partial charge on any atom is 0.125 e. The summed E-state index contributed by atoms with van der Waals surface area (Å²) in [6.07, 6.45) is 2.17. The van der Waals surface area contributed by atoms with E-state index in [9.17, 15) is 0 Å². The molecule has 1 aliphatic heterocycles. The third-order valence-corrected chi connectivity index (χ3v) is 3.79. The fourth-order valence-corrected chi connectivity index (χ4v) is 2.69. The second-order valence-electron chi connectivity index (χ2n) is 6.66. The van der Waals surface area contributed by atoms with Crippen molar-refractivity contribution in [3.8, 4) is 11.5 Å². The first-order valence-electron chi connectivity index (χ1n) is 7.51. The third kappa shape index (κ3) is 3.66. The molecule has 1 heterocycles. The van der Waals surface area contributed by atoms with Crippen molar-refractivity contribution < 1.29 is 9.47 Å². The Morgan fingerprint density at radius 3 is 2.80 bits per heavy atom. The molecule has 0 bridgehead atoms. The van der Waals surface area contributed by atoms with Crippen LogP contribution in [0, 0.1) is 5.92 Å². The van der Waals surface area contributed by atoms with Gasteiger partial charge in [0.2, 0.25) is 0 Å². The summed E-state index contributed by atoms with van der Waals surface area (Å²) < 4.78 is 11.4. The Balaban J connectivity index is 2.18. The molecular formula is C17H27NO2. The van der Waals surface area contributed by atoms with E-state index in [2.05, 4.69) is 39.1 Å². The summed E-state index contributed by atoms with van der Waals surface area (Å²) in [5.74, 6) is 2.59. The van der Waals surface area contributed by atoms with Crippen LogP contribution in [-0.4, -0.2) is 19.3 Å². The van der Waals surface area contributed by atoms with Crippen LogP contribution in [0.4, 0.5) is 0 Å². The van der Waals surface area contributed by atoms with Gasteiger partial charge in [0.15, 0.2) is 0 Å². The molecule has 0 saturated carbocycles. The largest absolute Gasteiger partial charge is 0.497 e. The van der Waals surface area contributed by atoms with Gasteiger partial charge < -0.3 is 14.8 Å². The molecule has 1 aliphatic rings. The Bertz CT molecular complexity index is 454. The number of ether oxygens (including phenoxy) is 2. The number of fused-ring (bicyclic) bond motifs is 1. The Hall–Kier alpha value is -1.22. The maximum atomic E-state index is 6.08. The molecule has 1 aromatic rings. The van der Waals surface area contributed by atoms with E-state index in [0.717, 1.165) is 30.4 Å². The third-order valence-electron chi connectivity index (χ3n) is 3.79. The van der Waals surface area contributed by atoms with E-state index < -0.39 is 0 Å². The van der Waals surface area contributed by atoms with E-state index in [1.165, 1.54) is 12.0 Å². The molecule has 112 valence electrons. The van der Waals surface area contributed by atoms with Crippen LogP contribution in [0.5, 0.6) is 11.5 Å². The summed E-state index contributed by atoms with van der Waals surface area (Å²) in [6.45, 7) is 9.85. The maximum absolute atomic E-state index is 6.08. The summed E-state index contributed by atoms with van der Waals surface area (Å²) in [6, 6.07) is 6.41. The smallest absolute Gasteiger partial charge is 0.125 e. The topological polar surface area (TPSA) is 30.5 Å². The van der Waals surface area contributed by atoms with Crippen molar-refractivity contribution in [1.82, 2.24) is 5.32 Å². The number of nitrogens with one attached hydrogen (secondary N) is 1. The molecule has 1 atom stereocenters. The summed E-state index contributed by atoms with van der Waals surface area (Å²) >= 11 is 0. The summed E-state index contributed by atoms with van der Waals surface area (Å²) in [7, 11) is 1.70. The zero-order chi connectivity index (χ0) is 14.8. The first-order valence-corrected chi connectivity index (χ1v) is 7.51. The average molecular weight is 277 g/mol. The highest BCUT2D eigenvalue weighted by molar-refractivity contribution is 5.44. The van der Waals surface area contributed by atoms with Gasteiger partial charge in [-0.1, -0.05) is 13.8 Å². The molecule has 2 rings (SSSR count). The van der Waals surface area contributed by atoms with Crippen LogP contribution < -0.4 is 14.8 Å². The molecule has 1 aromatic carbocycles. The van der Waals surface area contributed by atoms with Gasteiger partial charge in [0.1, 0.15) is 17.1 Å². The minimum absolute atomic E-state index is 0.128. The monoisotopic (exact) mass is 277 g/mol. The molecule has 0 fully saturated rings. The number of rotatable bonds is 5. The highest BCUT2D eigenvalue weighted by Crippen LogP contribution is 2.41. The summed E-state index contributed by atoms with van der Waals surface area (Å²) in [5, 5.41) is 3.68. The molecule has 0 aromatic heterocycles. The van der Waals surface area contributed by atoms with Gasteiger partial charge in [0.05, 0.1) is 7.11 Å². The first kappa shape index (κ1) is 15.2. The van der Waals surface area contributed by atoms with Crippen molar-refractivity contribution in [1.29, 1.82) is 0 Å². The fourth-order valence-electron chi connectivity index (χ4n) is 2.69. The lowest BCUT2D eigenvalue weighted by Crippen LogP contribution is -2.39. The van der Waals surface area contributed by atoms with Crippen molar-refractivity contribution in [2.75, 3.05) is 13.7 Å². The molecule has 0 amide bonds. The van der Waals surface area contributed by atoms with Crippen LogP contribution in [0.25, 0.3) is 0 Å². The van der Waals surface area contributed by atoms with E-state index in [1.54, 1.807) is 7.11 Å². The lowest BCUT2D eigenvalue weighted by atomic mass is 9.89. The van der Waals surface area contributed by atoms with Gasteiger partial charge in [0.25, 0.3) is 0 Å². The van der Waals surface area contributed by atoms with E-state index in [4.69, 9.17) is 9.47 Å². The van der Waals surface area contributed by atoms with Crippen molar-refractivity contribution in [3.05, 3.63) is 23.8 Å². The van der Waals surface area contributed by atoms with Crippen LogP contribution in [0.1, 0.15) is 52.1 Å². The van der Waals surface area contributed by atoms with E-state index >= 15 is 0 Å². The Morgan fingerprint density at radius 1 is 1.40 bits per heavy atom. The number of methoxy groups -OCH3 is 1. The van der Waals surface area contributed by atoms with Crippen LogP contribution in [0.3, 0.4) is 0 Å². The minimum atomic E-state index is -0.128. The zero-order valence-corrected chi connectivity index (χ0v) is 13.3. The molecule has 20 heavy (non-hydrogen) atoms. The molecule has 0 radical (unpaired) electrons. The van der Waals surface area contributed by atoms with Gasteiger partial charge in [-0.2, -0.15) is 0 Å². The Labute approximate surface area is 122 Å². The fraction of sp³-hybridized carbons (Fsp3) is 0.647. The lowest BCUT2D eigenvalue weighted by molar-refractivity contribution is 0.0657. The van der Waals surface area contributed by atoms with Crippen LogP contribution in [-0.2, 0) is 0 Å². The highest BCUT2D eigenvalue weighted by atomic mass is 16.5. The molecule has 3 nitrogen and oxygen atoms in total. The van der Waals surface area contributed by atoms with Gasteiger partial charge in [-0.25, -0.2) is 0 Å². The van der Waals surface area contributed by atoms with Gasteiger partial charge in [-0.05, 0) is 50.9 Å². The number of benzene rings is 1. The van der Waals surface area contributed by atoms with E-state index in [0.29, 0.717) is 6.04 Å². The van der Waals surface area contributed by atoms with Crippen molar-refractivity contribution in [2.45, 2.75) is 52.2 Å². The molecule has 0 spiro atoms. The van der Waals surface area contributed by atoms with Crippen LogP contribution in [0.2, 0.25) is 0 Å².